The van der Waals surface area contributed by atoms with Crippen molar-refractivity contribution in [3.05, 3.63) is 12.2 Å². The van der Waals surface area contributed by atoms with Crippen LogP contribution in [0.5, 0.6) is 0 Å². The molecular weight excluding hydrogens is 216 g/mol. The molecule has 1 fully saturated rings. The number of allylic oxidation sites excluding steroid dienone is 1. The van der Waals surface area contributed by atoms with Crippen molar-refractivity contribution < 1.29 is 9.53 Å². The third-order valence-corrected chi connectivity index (χ3v) is 3.31. The van der Waals surface area contributed by atoms with Crippen molar-refractivity contribution in [2.75, 3.05) is 0 Å². The van der Waals surface area contributed by atoms with Crippen molar-refractivity contribution >= 4 is 6.09 Å². The van der Waals surface area contributed by atoms with Crippen LogP contribution in [0.3, 0.4) is 0 Å². The molecule has 4 heteroatoms. The zero-order valence-corrected chi connectivity index (χ0v) is 10.5. The largest absolute Gasteiger partial charge is 0.444 e. The predicted molar refractivity (Wildman–Crippen MR) is 63.1 cm³/mol. The van der Waals surface area contributed by atoms with E-state index in [1.807, 2.05) is 26.8 Å². The van der Waals surface area contributed by atoms with Gasteiger partial charge in [-0.2, -0.15) is 5.26 Å². The van der Waals surface area contributed by atoms with Gasteiger partial charge in [0.25, 0.3) is 0 Å². The van der Waals surface area contributed by atoms with Gasteiger partial charge in [0.2, 0.25) is 0 Å². The molecule has 17 heavy (non-hydrogen) atoms. The maximum absolute atomic E-state index is 11.7. The van der Waals surface area contributed by atoms with Crippen LogP contribution in [0, 0.1) is 23.2 Å². The summed E-state index contributed by atoms with van der Waals surface area (Å²) in [6.07, 6.45) is 5.33. The summed E-state index contributed by atoms with van der Waals surface area (Å²) < 4.78 is 5.21. The summed E-state index contributed by atoms with van der Waals surface area (Å²) in [7, 11) is 0. The maximum atomic E-state index is 11.7. The van der Waals surface area contributed by atoms with Gasteiger partial charge >= 0.3 is 6.09 Å². The van der Waals surface area contributed by atoms with Crippen molar-refractivity contribution in [2.45, 2.75) is 44.8 Å². The van der Waals surface area contributed by atoms with E-state index in [9.17, 15) is 10.1 Å². The molecule has 2 aliphatic rings. The molecule has 0 aromatic carbocycles. The standard InChI is InChI=1S/C13H18N2O2/c1-12(2,3)17-11(16)15-13(8-14)7-9-4-5-10(13)6-9/h4-5,9-10H,6-7H2,1-3H3,(H,15,16). The molecule has 0 heterocycles. The molecule has 1 amide bonds. The minimum atomic E-state index is -0.762. The van der Waals surface area contributed by atoms with Crippen LogP contribution in [0.4, 0.5) is 4.79 Å². The minimum absolute atomic E-state index is 0.130. The topological polar surface area (TPSA) is 62.1 Å². The fourth-order valence-electron chi connectivity index (χ4n) is 2.64. The molecule has 0 radical (unpaired) electrons. The van der Waals surface area contributed by atoms with Crippen LogP contribution in [0.25, 0.3) is 0 Å². The first-order chi connectivity index (χ1) is 7.85. The van der Waals surface area contributed by atoms with E-state index in [2.05, 4.69) is 17.5 Å². The second-order valence-electron chi connectivity index (χ2n) is 5.90. The van der Waals surface area contributed by atoms with Crippen molar-refractivity contribution in [2.24, 2.45) is 11.8 Å². The maximum Gasteiger partial charge on any atom is 0.408 e. The molecule has 0 aliphatic heterocycles. The number of hydrogen-bond donors (Lipinski definition) is 1. The molecule has 4 nitrogen and oxygen atoms in total. The summed E-state index contributed by atoms with van der Waals surface area (Å²) in [5.74, 6) is 0.555. The van der Waals surface area contributed by atoms with Crippen LogP contribution >= 0.6 is 0 Å². The quantitative estimate of drug-likeness (QED) is 0.708. The lowest BCUT2D eigenvalue weighted by Gasteiger charge is -2.30. The van der Waals surface area contributed by atoms with E-state index < -0.39 is 17.2 Å². The first-order valence-corrected chi connectivity index (χ1v) is 5.95. The van der Waals surface area contributed by atoms with E-state index >= 15 is 0 Å². The minimum Gasteiger partial charge on any atom is -0.444 e. The Morgan fingerprint density at radius 1 is 1.53 bits per heavy atom. The van der Waals surface area contributed by atoms with E-state index in [0.29, 0.717) is 12.3 Å². The first-order valence-electron chi connectivity index (χ1n) is 5.95. The van der Waals surface area contributed by atoms with Crippen molar-refractivity contribution in [1.29, 1.82) is 5.26 Å². The Balaban J connectivity index is 2.05. The van der Waals surface area contributed by atoms with Gasteiger partial charge in [0.05, 0.1) is 6.07 Å². The second kappa shape index (κ2) is 3.76. The number of amides is 1. The number of rotatable bonds is 1. The molecule has 0 aromatic rings. The highest BCUT2D eigenvalue weighted by atomic mass is 16.6. The molecule has 3 atom stereocenters. The van der Waals surface area contributed by atoms with Crippen LogP contribution < -0.4 is 5.32 Å². The number of carbonyl (C=O) groups is 1. The highest BCUT2D eigenvalue weighted by Gasteiger charge is 2.50. The van der Waals surface area contributed by atoms with Crippen LogP contribution in [0.1, 0.15) is 33.6 Å². The van der Waals surface area contributed by atoms with Crippen molar-refractivity contribution in [3.63, 3.8) is 0 Å². The summed E-state index contributed by atoms with van der Waals surface area (Å²) in [6.45, 7) is 5.44. The molecule has 0 saturated heterocycles. The Morgan fingerprint density at radius 3 is 2.65 bits per heavy atom. The summed E-state index contributed by atoms with van der Waals surface area (Å²) >= 11 is 0. The number of hydrogen-bond acceptors (Lipinski definition) is 3. The molecule has 0 spiro atoms. The number of nitrogens with one attached hydrogen (secondary N) is 1. The van der Waals surface area contributed by atoms with Crippen LogP contribution in [-0.4, -0.2) is 17.2 Å². The van der Waals surface area contributed by atoms with Gasteiger partial charge in [-0.15, -0.1) is 0 Å². The van der Waals surface area contributed by atoms with E-state index in [-0.39, 0.29) is 5.92 Å². The molecule has 0 aromatic heterocycles. The SMILES string of the molecule is CC(C)(C)OC(=O)NC1(C#N)CC2C=CC1C2. The molecule has 1 saturated carbocycles. The molecule has 2 aliphatic carbocycles. The zero-order chi connectivity index (χ0) is 12.7. The Labute approximate surface area is 102 Å². The van der Waals surface area contributed by atoms with E-state index in [1.165, 1.54) is 0 Å². The molecule has 2 rings (SSSR count). The fraction of sp³-hybridized carbons (Fsp3) is 0.692. The third-order valence-electron chi connectivity index (χ3n) is 3.31. The van der Waals surface area contributed by atoms with Gasteiger partial charge in [0.15, 0.2) is 0 Å². The van der Waals surface area contributed by atoms with Crippen molar-refractivity contribution in [3.8, 4) is 6.07 Å². The lowest BCUT2D eigenvalue weighted by molar-refractivity contribution is 0.0468. The molecule has 1 N–H and O–H groups in total. The highest BCUT2D eigenvalue weighted by Crippen LogP contribution is 2.46. The number of nitriles is 1. The average Bonchev–Trinajstić information content (AvgIpc) is 2.74. The Morgan fingerprint density at radius 2 is 2.24 bits per heavy atom. The smallest absolute Gasteiger partial charge is 0.408 e. The summed E-state index contributed by atoms with van der Waals surface area (Å²) in [5, 5.41) is 12.1. The number of fused-ring (bicyclic) bond motifs is 2. The predicted octanol–water partition coefficient (Wildman–Crippen LogP) is 2.37. The van der Waals surface area contributed by atoms with Gasteiger partial charge in [-0.05, 0) is 39.5 Å². The van der Waals surface area contributed by atoms with Gasteiger partial charge in [-0.1, -0.05) is 12.2 Å². The van der Waals surface area contributed by atoms with Crippen LogP contribution in [0.2, 0.25) is 0 Å². The van der Waals surface area contributed by atoms with Gasteiger partial charge < -0.3 is 10.1 Å². The summed E-state index contributed by atoms with van der Waals surface area (Å²) in [5.41, 5.74) is -1.30. The highest BCUT2D eigenvalue weighted by molar-refractivity contribution is 5.70. The molecule has 3 unspecified atom stereocenters. The Bertz CT molecular complexity index is 403. The van der Waals surface area contributed by atoms with E-state index in [4.69, 9.17) is 4.74 Å². The summed E-state index contributed by atoms with van der Waals surface area (Å²) in [4.78, 5) is 11.7. The summed E-state index contributed by atoms with van der Waals surface area (Å²) in [6, 6.07) is 2.26. The van der Waals surface area contributed by atoms with Gasteiger partial charge in [-0.3, -0.25) is 0 Å². The Kier molecular flexibility index (Phi) is 2.65. The lowest BCUT2D eigenvalue weighted by Crippen LogP contribution is -2.51. The van der Waals surface area contributed by atoms with E-state index in [1.54, 1.807) is 0 Å². The lowest BCUT2D eigenvalue weighted by atomic mass is 9.86. The Hall–Kier alpha value is -1.50. The van der Waals surface area contributed by atoms with Gasteiger partial charge in [0, 0.05) is 5.92 Å². The zero-order valence-electron chi connectivity index (χ0n) is 10.5. The van der Waals surface area contributed by atoms with Crippen molar-refractivity contribution in [1.82, 2.24) is 5.32 Å². The normalized spacial score (nSPS) is 34.5. The molecule has 2 bridgehead atoms. The van der Waals surface area contributed by atoms with Crippen LogP contribution in [-0.2, 0) is 4.74 Å². The van der Waals surface area contributed by atoms with Gasteiger partial charge in [0.1, 0.15) is 11.1 Å². The molecule has 92 valence electrons. The first kappa shape index (κ1) is 12.0. The number of alkyl carbamates (subject to hydrolysis) is 1. The average molecular weight is 234 g/mol. The fourth-order valence-corrected chi connectivity index (χ4v) is 2.64. The van der Waals surface area contributed by atoms with Gasteiger partial charge in [-0.25, -0.2) is 4.79 Å². The monoisotopic (exact) mass is 234 g/mol. The van der Waals surface area contributed by atoms with E-state index in [0.717, 1.165) is 6.42 Å². The number of nitrogens with zero attached hydrogens (tertiary/aromatic N) is 1. The van der Waals surface area contributed by atoms with Crippen LogP contribution in [0.15, 0.2) is 12.2 Å². The second-order valence-corrected chi connectivity index (χ2v) is 5.90. The molecular formula is C13H18N2O2. The third kappa shape index (κ3) is 2.28. The number of ether oxygens (including phenoxy) is 1. The number of carbonyl (C=O) groups excluding carboxylic acids is 1.